The molecular weight excluding hydrogens is 304 g/mol. The Morgan fingerprint density at radius 3 is 2.76 bits per heavy atom. The van der Waals surface area contributed by atoms with Crippen LogP contribution in [-0.4, -0.2) is 21.0 Å². The molecule has 0 saturated carbocycles. The summed E-state index contributed by atoms with van der Waals surface area (Å²) < 4.78 is 0. The summed E-state index contributed by atoms with van der Waals surface area (Å²) >= 11 is 3.22. The summed E-state index contributed by atoms with van der Waals surface area (Å²) in [5.41, 5.74) is 0.797. The van der Waals surface area contributed by atoms with Gasteiger partial charge in [-0.1, -0.05) is 23.9 Å². The fourth-order valence-corrected chi connectivity index (χ4v) is 3.77. The van der Waals surface area contributed by atoms with Gasteiger partial charge >= 0.3 is 5.97 Å². The molecule has 106 valence electrons. The Hall–Kier alpha value is -1.92. The second-order valence-electron chi connectivity index (χ2n) is 4.57. The van der Waals surface area contributed by atoms with Gasteiger partial charge in [-0.25, -0.2) is 9.97 Å². The van der Waals surface area contributed by atoms with E-state index in [0.29, 0.717) is 0 Å². The fourth-order valence-electron chi connectivity index (χ4n) is 2.00. The summed E-state index contributed by atoms with van der Waals surface area (Å²) in [6, 6.07) is 9.63. The number of rotatable bonds is 4. The van der Waals surface area contributed by atoms with Crippen LogP contribution in [0.2, 0.25) is 0 Å². The Kier molecular flexibility index (Phi) is 3.90. The highest BCUT2D eigenvalue weighted by atomic mass is 32.2. The standard InChI is InChI=1S/C15H12N2O2S2/c1-9-6-12-14(20-9)16-8-17-15(12)21-11-4-2-10(3-5-11)7-13(18)19/h2-6,8H,7H2,1H3,(H,18,19). The Morgan fingerprint density at radius 2 is 2.05 bits per heavy atom. The van der Waals surface area contributed by atoms with E-state index < -0.39 is 5.97 Å². The Labute approximate surface area is 129 Å². The fraction of sp³-hybridized carbons (Fsp3) is 0.133. The minimum Gasteiger partial charge on any atom is -0.481 e. The van der Waals surface area contributed by atoms with Gasteiger partial charge in [0.25, 0.3) is 0 Å². The van der Waals surface area contributed by atoms with Gasteiger partial charge in [0.1, 0.15) is 16.2 Å². The van der Waals surface area contributed by atoms with Gasteiger partial charge in [-0.3, -0.25) is 4.79 Å². The average Bonchev–Trinajstić information content (AvgIpc) is 2.82. The van der Waals surface area contributed by atoms with E-state index in [1.54, 1.807) is 29.4 Å². The molecule has 1 N–H and O–H groups in total. The number of carboxylic acids is 1. The van der Waals surface area contributed by atoms with Crippen molar-refractivity contribution < 1.29 is 9.90 Å². The van der Waals surface area contributed by atoms with E-state index in [0.717, 1.165) is 25.7 Å². The Balaban J connectivity index is 1.86. The normalized spacial score (nSPS) is 10.9. The maximum absolute atomic E-state index is 10.7. The van der Waals surface area contributed by atoms with Gasteiger partial charge in [-0.05, 0) is 30.7 Å². The Bertz CT molecular complexity index is 797. The Morgan fingerprint density at radius 1 is 1.29 bits per heavy atom. The van der Waals surface area contributed by atoms with Crippen molar-refractivity contribution in [2.75, 3.05) is 0 Å². The quantitative estimate of drug-likeness (QED) is 0.742. The van der Waals surface area contributed by atoms with Crippen LogP contribution in [0.15, 0.2) is 46.6 Å². The molecule has 0 atom stereocenters. The van der Waals surface area contributed by atoms with E-state index in [9.17, 15) is 4.79 Å². The van der Waals surface area contributed by atoms with Gasteiger partial charge in [0.05, 0.1) is 6.42 Å². The SMILES string of the molecule is Cc1cc2c(Sc3ccc(CC(=O)O)cc3)ncnc2s1. The lowest BCUT2D eigenvalue weighted by Gasteiger charge is -2.03. The number of aryl methyl sites for hydroxylation is 1. The molecule has 0 aliphatic heterocycles. The molecule has 0 radical (unpaired) electrons. The first kappa shape index (κ1) is 14.0. The molecule has 3 aromatic rings. The molecule has 0 bridgehead atoms. The van der Waals surface area contributed by atoms with Crippen molar-refractivity contribution in [2.45, 2.75) is 23.3 Å². The molecule has 2 aromatic heterocycles. The van der Waals surface area contributed by atoms with Crippen molar-refractivity contribution >= 4 is 39.3 Å². The van der Waals surface area contributed by atoms with Gasteiger partial charge in [-0.2, -0.15) is 0 Å². The molecule has 3 rings (SSSR count). The number of hydrogen-bond donors (Lipinski definition) is 1. The maximum Gasteiger partial charge on any atom is 0.307 e. The number of fused-ring (bicyclic) bond motifs is 1. The zero-order valence-corrected chi connectivity index (χ0v) is 12.9. The summed E-state index contributed by atoms with van der Waals surface area (Å²) in [5, 5.41) is 10.8. The van der Waals surface area contributed by atoms with E-state index in [2.05, 4.69) is 23.0 Å². The predicted octanol–water partition coefficient (Wildman–Crippen LogP) is 3.78. The molecule has 0 saturated heterocycles. The monoisotopic (exact) mass is 316 g/mol. The number of aromatic nitrogens is 2. The highest BCUT2D eigenvalue weighted by molar-refractivity contribution is 7.99. The second kappa shape index (κ2) is 5.83. The van der Waals surface area contributed by atoms with Gasteiger partial charge < -0.3 is 5.11 Å². The molecule has 0 unspecified atom stereocenters. The van der Waals surface area contributed by atoms with Crippen molar-refractivity contribution in [1.29, 1.82) is 0 Å². The first-order valence-electron chi connectivity index (χ1n) is 6.31. The molecule has 0 aliphatic carbocycles. The van der Waals surface area contributed by atoms with Crippen LogP contribution in [0.1, 0.15) is 10.4 Å². The number of thiophene rings is 1. The number of aliphatic carboxylic acids is 1. The van der Waals surface area contributed by atoms with Crippen LogP contribution < -0.4 is 0 Å². The van der Waals surface area contributed by atoms with Crippen molar-refractivity contribution in [2.24, 2.45) is 0 Å². The van der Waals surface area contributed by atoms with Crippen LogP contribution in [0.4, 0.5) is 0 Å². The molecule has 0 fully saturated rings. The lowest BCUT2D eigenvalue weighted by atomic mass is 10.2. The number of carboxylic acid groups (broad SMARTS) is 1. The van der Waals surface area contributed by atoms with Crippen LogP contribution in [-0.2, 0) is 11.2 Å². The second-order valence-corrected chi connectivity index (χ2v) is 6.87. The summed E-state index contributed by atoms with van der Waals surface area (Å²) in [4.78, 5) is 22.5. The van der Waals surface area contributed by atoms with E-state index in [1.807, 2.05) is 24.3 Å². The summed E-state index contributed by atoms with van der Waals surface area (Å²) in [5.74, 6) is -0.818. The van der Waals surface area contributed by atoms with E-state index in [1.165, 1.54) is 4.88 Å². The van der Waals surface area contributed by atoms with Gasteiger partial charge in [0, 0.05) is 15.2 Å². The number of hydrogen-bond acceptors (Lipinski definition) is 5. The predicted molar refractivity (Wildman–Crippen MR) is 84.1 cm³/mol. The topological polar surface area (TPSA) is 63.1 Å². The van der Waals surface area contributed by atoms with Crippen LogP contribution in [0.25, 0.3) is 10.2 Å². The third-order valence-corrected chi connectivity index (χ3v) is 4.89. The van der Waals surface area contributed by atoms with Gasteiger partial charge in [-0.15, -0.1) is 11.3 Å². The lowest BCUT2D eigenvalue weighted by molar-refractivity contribution is -0.136. The first-order valence-corrected chi connectivity index (χ1v) is 7.95. The average molecular weight is 316 g/mol. The highest BCUT2D eigenvalue weighted by Crippen LogP contribution is 2.34. The minimum absolute atomic E-state index is 0.0480. The van der Waals surface area contributed by atoms with E-state index in [-0.39, 0.29) is 6.42 Å². The van der Waals surface area contributed by atoms with Crippen LogP contribution >= 0.6 is 23.1 Å². The van der Waals surface area contributed by atoms with Crippen LogP contribution in [0.3, 0.4) is 0 Å². The molecule has 0 amide bonds. The third-order valence-electron chi connectivity index (χ3n) is 2.91. The number of carbonyl (C=O) groups is 1. The van der Waals surface area contributed by atoms with Gasteiger partial charge in [0.15, 0.2) is 0 Å². The highest BCUT2D eigenvalue weighted by Gasteiger charge is 2.09. The maximum atomic E-state index is 10.7. The molecular formula is C15H12N2O2S2. The van der Waals surface area contributed by atoms with Crippen molar-refractivity contribution in [1.82, 2.24) is 9.97 Å². The smallest absolute Gasteiger partial charge is 0.307 e. The third kappa shape index (κ3) is 3.22. The summed E-state index contributed by atoms with van der Waals surface area (Å²) in [6.07, 6.45) is 1.63. The van der Waals surface area contributed by atoms with Gasteiger partial charge in [0.2, 0.25) is 0 Å². The summed E-state index contributed by atoms with van der Waals surface area (Å²) in [7, 11) is 0. The zero-order valence-electron chi connectivity index (χ0n) is 11.2. The van der Waals surface area contributed by atoms with Crippen molar-refractivity contribution in [3.63, 3.8) is 0 Å². The largest absolute Gasteiger partial charge is 0.481 e. The molecule has 4 nitrogen and oxygen atoms in total. The van der Waals surface area contributed by atoms with Crippen molar-refractivity contribution in [3.8, 4) is 0 Å². The molecule has 6 heteroatoms. The molecule has 0 spiro atoms. The molecule has 1 aromatic carbocycles. The number of benzene rings is 1. The van der Waals surface area contributed by atoms with Crippen molar-refractivity contribution in [3.05, 3.63) is 47.1 Å². The molecule has 2 heterocycles. The zero-order chi connectivity index (χ0) is 14.8. The lowest BCUT2D eigenvalue weighted by Crippen LogP contribution is -1.99. The number of nitrogens with zero attached hydrogens (tertiary/aromatic N) is 2. The van der Waals surface area contributed by atoms with Crippen LogP contribution in [0, 0.1) is 6.92 Å². The first-order chi connectivity index (χ1) is 10.1. The van der Waals surface area contributed by atoms with Crippen LogP contribution in [0.5, 0.6) is 0 Å². The van der Waals surface area contributed by atoms with E-state index in [4.69, 9.17) is 5.11 Å². The van der Waals surface area contributed by atoms with E-state index >= 15 is 0 Å². The summed E-state index contributed by atoms with van der Waals surface area (Å²) in [6.45, 7) is 2.06. The molecule has 21 heavy (non-hydrogen) atoms. The molecule has 0 aliphatic rings. The minimum atomic E-state index is -0.818.